The zero-order chi connectivity index (χ0) is 21.8. The van der Waals surface area contributed by atoms with Crippen LogP contribution in [0.5, 0.6) is 0 Å². The van der Waals surface area contributed by atoms with E-state index in [0.717, 1.165) is 11.3 Å². The molecule has 2 aromatic rings. The SMILES string of the molecule is CNC[C@@H](O)[C@@](C)(c1ccccc1)N1C=CC2C=C(OCc3cccc(C)c3)C=CC21. The predicted octanol–water partition coefficient (Wildman–Crippen LogP) is 4.28. The molecule has 4 atom stereocenters. The maximum atomic E-state index is 11.2. The van der Waals surface area contributed by atoms with E-state index in [1.807, 2.05) is 25.2 Å². The smallest absolute Gasteiger partial charge is 0.116 e. The topological polar surface area (TPSA) is 44.7 Å². The monoisotopic (exact) mass is 416 g/mol. The van der Waals surface area contributed by atoms with E-state index >= 15 is 0 Å². The molecule has 1 heterocycles. The number of nitrogens with one attached hydrogen (secondary N) is 1. The van der Waals surface area contributed by atoms with Gasteiger partial charge in [-0.25, -0.2) is 0 Å². The van der Waals surface area contributed by atoms with Gasteiger partial charge in [-0.1, -0.05) is 72.3 Å². The molecule has 0 fully saturated rings. The van der Waals surface area contributed by atoms with E-state index in [2.05, 4.69) is 91.0 Å². The van der Waals surface area contributed by atoms with Crippen molar-refractivity contribution in [2.45, 2.75) is 38.1 Å². The van der Waals surface area contributed by atoms with Crippen molar-refractivity contribution in [3.05, 3.63) is 108 Å². The highest BCUT2D eigenvalue weighted by Gasteiger charge is 2.45. The molecule has 1 aliphatic carbocycles. The minimum Gasteiger partial charge on any atom is -0.489 e. The lowest BCUT2D eigenvalue weighted by Gasteiger charge is -2.47. The van der Waals surface area contributed by atoms with E-state index in [1.54, 1.807) is 0 Å². The summed E-state index contributed by atoms with van der Waals surface area (Å²) >= 11 is 0. The Labute approximate surface area is 185 Å². The largest absolute Gasteiger partial charge is 0.489 e. The van der Waals surface area contributed by atoms with Gasteiger partial charge in [0.2, 0.25) is 0 Å². The van der Waals surface area contributed by atoms with Crippen molar-refractivity contribution in [1.29, 1.82) is 0 Å². The molecule has 2 aromatic carbocycles. The second kappa shape index (κ2) is 9.13. The molecule has 162 valence electrons. The molecule has 0 radical (unpaired) electrons. The maximum absolute atomic E-state index is 11.2. The standard InChI is InChI=1S/C27H32N2O2/c1-20-8-7-9-21(16-20)19-31-24-12-13-25-22(17-24)14-15-29(25)27(2,26(30)18-28-3)23-10-5-4-6-11-23/h4-17,22,25-26,28,30H,18-19H2,1-3H3/t22?,25?,26-,27-/m1/s1. The van der Waals surface area contributed by atoms with Crippen LogP contribution >= 0.6 is 0 Å². The lowest BCUT2D eigenvalue weighted by molar-refractivity contribution is -0.00877. The fourth-order valence-corrected chi connectivity index (χ4v) is 4.62. The number of aliphatic hydroxyl groups is 1. The van der Waals surface area contributed by atoms with Crippen LogP contribution in [-0.2, 0) is 16.9 Å². The summed E-state index contributed by atoms with van der Waals surface area (Å²) in [5.41, 5.74) is 2.95. The van der Waals surface area contributed by atoms with Crippen molar-refractivity contribution >= 4 is 0 Å². The lowest BCUT2D eigenvalue weighted by atomic mass is 9.82. The first-order valence-corrected chi connectivity index (χ1v) is 11.0. The second-order valence-corrected chi connectivity index (χ2v) is 8.61. The van der Waals surface area contributed by atoms with Gasteiger partial charge in [0.25, 0.3) is 0 Å². The summed E-state index contributed by atoms with van der Waals surface area (Å²) in [5, 5.41) is 14.3. The lowest BCUT2D eigenvalue weighted by Crippen LogP contribution is -2.55. The molecular formula is C27H32N2O2. The molecule has 0 amide bonds. The van der Waals surface area contributed by atoms with Gasteiger partial charge in [-0.15, -0.1) is 0 Å². The van der Waals surface area contributed by atoms with Gasteiger partial charge in [0, 0.05) is 12.5 Å². The summed E-state index contributed by atoms with van der Waals surface area (Å²) in [5.74, 6) is 1.11. The molecule has 4 rings (SSSR count). The first-order valence-electron chi connectivity index (χ1n) is 11.0. The molecule has 0 aromatic heterocycles. The van der Waals surface area contributed by atoms with Crippen LogP contribution in [0, 0.1) is 12.8 Å². The zero-order valence-electron chi connectivity index (χ0n) is 18.5. The van der Waals surface area contributed by atoms with Crippen molar-refractivity contribution in [3.63, 3.8) is 0 Å². The average Bonchev–Trinajstić information content (AvgIpc) is 3.22. The number of hydrogen-bond donors (Lipinski definition) is 2. The number of rotatable bonds is 8. The molecule has 0 spiro atoms. The zero-order valence-corrected chi connectivity index (χ0v) is 18.5. The Hall–Kier alpha value is -2.82. The fraction of sp³-hybridized carbons (Fsp3) is 0.333. The molecule has 0 saturated heterocycles. The van der Waals surface area contributed by atoms with E-state index in [9.17, 15) is 5.11 Å². The van der Waals surface area contributed by atoms with Gasteiger partial charge in [0.1, 0.15) is 12.4 Å². The quantitative estimate of drug-likeness (QED) is 0.674. The molecule has 1 aliphatic heterocycles. The molecule has 0 bridgehead atoms. The van der Waals surface area contributed by atoms with Crippen LogP contribution in [0.15, 0.2) is 90.9 Å². The molecule has 2 aliphatic rings. The number of hydrogen-bond acceptors (Lipinski definition) is 4. The van der Waals surface area contributed by atoms with Crippen molar-refractivity contribution < 1.29 is 9.84 Å². The third kappa shape index (κ3) is 4.32. The number of aryl methyl sites for hydroxylation is 1. The predicted molar refractivity (Wildman–Crippen MR) is 125 cm³/mol. The Bertz CT molecular complexity index is 982. The van der Waals surface area contributed by atoms with Crippen molar-refractivity contribution in [2.75, 3.05) is 13.6 Å². The Morgan fingerprint density at radius 3 is 2.68 bits per heavy atom. The normalized spacial score (nSPS) is 22.6. The Morgan fingerprint density at radius 2 is 1.94 bits per heavy atom. The Morgan fingerprint density at radius 1 is 1.13 bits per heavy atom. The van der Waals surface area contributed by atoms with Crippen LogP contribution in [0.1, 0.15) is 23.6 Å². The fourth-order valence-electron chi connectivity index (χ4n) is 4.62. The minimum atomic E-state index is -0.570. The first-order chi connectivity index (χ1) is 15.0. The summed E-state index contributed by atoms with van der Waals surface area (Å²) in [6.07, 6.45) is 10.2. The van der Waals surface area contributed by atoms with Gasteiger partial charge >= 0.3 is 0 Å². The second-order valence-electron chi connectivity index (χ2n) is 8.61. The molecule has 31 heavy (non-hydrogen) atoms. The minimum absolute atomic E-state index is 0.142. The summed E-state index contributed by atoms with van der Waals surface area (Å²) in [6, 6.07) is 18.8. The van der Waals surface area contributed by atoms with Gasteiger partial charge in [0.15, 0.2) is 0 Å². The van der Waals surface area contributed by atoms with Crippen LogP contribution in [-0.4, -0.2) is 35.7 Å². The molecular weight excluding hydrogens is 384 g/mol. The summed E-state index contributed by atoms with van der Waals surface area (Å²) in [6.45, 7) is 5.29. The first kappa shape index (κ1) is 21.4. The highest BCUT2D eigenvalue weighted by molar-refractivity contribution is 5.35. The summed E-state index contributed by atoms with van der Waals surface area (Å²) < 4.78 is 6.09. The van der Waals surface area contributed by atoms with Gasteiger partial charge in [-0.05, 0) is 50.4 Å². The number of allylic oxidation sites excluding steroid dienone is 1. The highest BCUT2D eigenvalue weighted by atomic mass is 16.5. The summed E-state index contributed by atoms with van der Waals surface area (Å²) in [4.78, 5) is 2.29. The molecule has 4 heteroatoms. The molecule has 4 nitrogen and oxygen atoms in total. The average molecular weight is 417 g/mol. The van der Waals surface area contributed by atoms with E-state index in [-0.39, 0.29) is 12.0 Å². The van der Waals surface area contributed by atoms with Gasteiger partial charge < -0.3 is 20.1 Å². The highest BCUT2D eigenvalue weighted by Crippen LogP contribution is 2.41. The van der Waals surface area contributed by atoms with E-state index in [4.69, 9.17) is 4.74 Å². The number of nitrogens with zero attached hydrogens (tertiary/aromatic N) is 1. The number of likely N-dealkylation sites (N-methyl/N-ethyl adjacent to an activating group) is 1. The van der Waals surface area contributed by atoms with Gasteiger partial charge in [0.05, 0.1) is 17.7 Å². The van der Waals surface area contributed by atoms with Crippen molar-refractivity contribution in [1.82, 2.24) is 10.2 Å². The number of ether oxygens (including phenoxy) is 1. The number of fused-ring (bicyclic) bond motifs is 1. The Kier molecular flexibility index (Phi) is 6.30. The van der Waals surface area contributed by atoms with Crippen LogP contribution in [0.4, 0.5) is 0 Å². The van der Waals surface area contributed by atoms with Crippen LogP contribution in [0.2, 0.25) is 0 Å². The number of benzene rings is 2. The molecule has 2 unspecified atom stereocenters. The third-order valence-corrected chi connectivity index (χ3v) is 6.43. The van der Waals surface area contributed by atoms with E-state index in [1.165, 1.54) is 11.1 Å². The molecule has 2 N–H and O–H groups in total. The Balaban J connectivity index is 1.52. The summed E-state index contributed by atoms with van der Waals surface area (Å²) in [7, 11) is 1.87. The van der Waals surface area contributed by atoms with Crippen molar-refractivity contribution in [2.24, 2.45) is 5.92 Å². The maximum Gasteiger partial charge on any atom is 0.116 e. The molecule has 0 saturated carbocycles. The van der Waals surface area contributed by atoms with Crippen LogP contribution in [0.3, 0.4) is 0 Å². The van der Waals surface area contributed by atoms with E-state index in [0.29, 0.717) is 13.2 Å². The van der Waals surface area contributed by atoms with E-state index < -0.39 is 11.6 Å². The third-order valence-electron chi connectivity index (χ3n) is 6.43. The van der Waals surface area contributed by atoms with Crippen molar-refractivity contribution in [3.8, 4) is 0 Å². The van der Waals surface area contributed by atoms with Gasteiger partial charge in [-0.2, -0.15) is 0 Å². The van der Waals surface area contributed by atoms with Crippen LogP contribution < -0.4 is 5.32 Å². The van der Waals surface area contributed by atoms with Gasteiger partial charge in [-0.3, -0.25) is 0 Å². The number of aliphatic hydroxyl groups excluding tert-OH is 1. The van der Waals surface area contributed by atoms with Crippen LogP contribution in [0.25, 0.3) is 0 Å².